The Hall–Kier alpha value is -2.91. The lowest BCUT2D eigenvalue weighted by Crippen LogP contribution is -2.49. The van der Waals surface area contributed by atoms with Crippen LogP contribution in [0.25, 0.3) is 0 Å². The molecule has 10 heteroatoms. The number of carbonyl (C=O) groups excluding carboxylic acids is 2. The molecule has 0 saturated carbocycles. The van der Waals surface area contributed by atoms with Crippen LogP contribution in [0.3, 0.4) is 0 Å². The molecule has 2 saturated heterocycles. The standard InChI is InChI=1S/C21H34N8O2/c1-2-23-20(29-10-3-5-17(16-29)15-18(22)30)26-9-6-19(31)27-11-13-28(14-12-27)21-24-7-4-8-25-21/h4,7-8,17H,2-3,5-6,9-16H2,1H3,(H2,22,30)(H,23,26). The fourth-order valence-electron chi connectivity index (χ4n) is 4.16. The Labute approximate surface area is 183 Å². The van der Waals surface area contributed by atoms with Crippen LogP contribution in [0.15, 0.2) is 23.5 Å². The number of carbonyl (C=O) groups is 2. The van der Waals surface area contributed by atoms with Gasteiger partial charge in [0.05, 0.1) is 6.54 Å². The van der Waals surface area contributed by atoms with Gasteiger partial charge in [-0.15, -0.1) is 0 Å². The normalized spacial score (nSPS) is 20.0. The van der Waals surface area contributed by atoms with Crippen molar-refractivity contribution in [3.05, 3.63) is 18.5 Å². The smallest absolute Gasteiger partial charge is 0.225 e. The summed E-state index contributed by atoms with van der Waals surface area (Å²) in [6.45, 7) is 7.71. The molecule has 0 spiro atoms. The molecule has 1 aromatic rings. The Bertz CT molecular complexity index is 749. The van der Waals surface area contributed by atoms with Gasteiger partial charge < -0.3 is 25.8 Å². The highest BCUT2D eigenvalue weighted by atomic mass is 16.2. The number of piperidine rings is 1. The molecule has 2 fully saturated rings. The molecule has 1 unspecified atom stereocenters. The second kappa shape index (κ2) is 11.5. The number of guanidine groups is 1. The van der Waals surface area contributed by atoms with E-state index in [9.17, 15) is 9.59 Å². The number of hydrogen-bond acceptors (Lipinski definition) is 6. The van der Waals surface area contributed by atoms with Gasteiger partial charge in [-0.2, -0.15) is 0 Å². The molecule has 2 aliphatic heterocycles. The number of nitrogens with zero attached hydrogens (tertiary/aromatic N) is 6. The number of anilines is 1. The van der Waals surface area contributed by atoms with Crippen LogP contribution in [0.2, 0.25) is 0 Å². The molecule has 10 nitrogen and oxygen atoms in total. The molecule has 2 amide bonds. The Morgan fingerprint density at radius 3 is 2.58 bits per heavy atom. The molecule has 0 bridgehead atoms. The Balaban J connectivity index is 1.47. The van der Waals surface area contributed by atoms with E-state index >= 15 is 0 Å². The van der Waals surface area contributed by atoms with Crippen LogP contribution in [0.4, 0.5) is 5.95 Å². The number of amides is 2. The lowest BCUT2D eigenvalue weighted by Gasteiger charge is -2.35. The van der Waals surface area contributed by atoms with E-state index in [4.69, 9.17) is 5.73 Å². The van der Waals surface area contributed by atoms with Gasteiger partial charge in [-0.1, -0.05) is 0 Å². The maximum atomic E-state index is 12.7. The third-order valence-corrected chi connectivity index (χ3v) is 5.70. The molecular formula is C21H34N8O2. The van der Waals surface area contributed by atoms with E-state index in [1.807, 2.05) is 11.8 Å². The van der Waals surface area contributed by atoms with Gasteiger partial charge in [0.2, 0.25) is 17.8 Å². The largest absolute Gasteiger partial charge is 0.370 e. The van der Waals surface area contributed by atoms with Crippen LogP contribution in [0, 0.1) is 5.92 Å². The minimum absolute atomic E-state index is 0.124. The van der Waals surface area contributed by atoms with Gasteiger partial charge in [0.1, 0.15) is 0 Å². The Morgan fingerprint density at radius 1 is 1.16 bits per heavy atom. The molecule has 0 aromatic carbocycles. The van der Waals surface area contributed by atoms with Gasteiger partial charge in [-0.3, -0.25) is 14.6 Å². The van der Waals surface area contributed by atoms with Gasteiger partial charge in [0, 0.05) is 71.0 Å². The molecule has 3 rings (SSSR count). The lowest BCUT2D eigenvalue weighted by atomic mass is 9.95. The summed E-state index contributed by atoms with van der Waals surface area (Å²) in [5.41, 5.74) is 5.37. The topological polar surface area (TPSA) is 120 Å². The van der Waals surface area contributed by atoms with Gasteiger partial charge in [-0.25, -0.2) is 9.97 Å². The Kier molecular flexibility index (Phi) is 8.43. The molecule has 2 aliphatic rings. The maximum absolute atomic E-state index is 12.7. The summed E-state index contributed by atoms with van der Waals surface area (Å²) in [5, 5.41) is 3.32. The minimum atomic E-state index is -0.252. The highest BCUT2D eigenvalue weighted by Gasteiger charge is 2.24. The number of aliphatic imine (C=N–C) groups is 1. The number of primary amides is 1. The lowest BCUT2D eigenvalue weighted by molar-refractivity contribution is -0.131. The average Bonchev–Trinajstić information content (AvgIpc) is 2.79. The van der Waals surface area contributed by atoms with Crippen LogP contribution in [-0.2, 0) is 9.59 Å². The molecule has 1 atom stereocenters. The van der Waals surface area contributed by atoms with E-state index in [1.54, 1.807) is 18.5 Å². The number of hydrogen-bond donors (Lipinski definition) is 2. The molecule has 170 valence electrons. The van der Waals surface area contributed by atoms with Crippen molar-refractivity contribution in [1.29, 1.82) is 0 Å². The summed E-state index contributed by atoms with van der Waals surface area (Å²) < 4.78 is 0. The first-order chi connectivity index (χ1) is 15.1. The van der Waals surface area contributed by atoms with Crippen LogP contribution < -0.4 is 16.0 Å². The quantitative estimate of drug-likeness (QED) is 0.464. The van der Waals surface area contributed by atoms with Crippen molar-refractivity contribution < 1.29 is 9.59 Å². The van der Waals surface area contributed by atoms with E-state index < -0.39 is 0 Å². The summed E-state index contributed by atoms with van der Waals surface area (Å²) in [4.78, 5) is 43.4. The SMILES string of the molecule is CCNC(=NCCC(=O)N1CCN(c2ncccn2)CC1)N1CCCC(CC(N)=O)C1. The zero-order chi connectivity index (χ0) is 22.1. The van der Waals surface area contributed by atoms with Gasteiger partial charge in [0.25, 0.3) is 0 Å². The third-order valence-electron chi connectivity index (χ3n) is 5.70. The minimum Gasteiger partial charge on any atom is -0.370 e. The molecule has 3 N–H and O–H groups in total. The molecular weight excluding hydrogens is 396 g/mol. The highest BCUT2D eigenvalue weighted by Crippen LogP contribution is 2.19. The summed E-state index contributed by atoms with van der Waals surface area (Å²) in [7, 11) is 0. The van der Waals surface area contributed by atoms with Crippen molar-refractivity contribution in [2.75, 3.05) is 57.3 Å². The van der Waals surface area contributed by atoms with Crippen molar-refractivity contribution in [2.45, 2.75) is 32.6 Å². The van der Waals surface area contributed by atoms with E-state index in [0.717, 1.165) is 51.5 Å². The maximum Gasteiger partial charge on any atom is 0.225 e. The van der Waals surface area contributed by atoms with Crippen molar-refractivity contribution in [3.8, 4) is 0 Å². The average molecular weight is 431 g/mol. The highest BCUT2D eigenvalue weighted by molar-refractivity contribution is 5.81. The van der Waals surface area contributed by atoms with Gasteiger partial charge >= 0.3 is 0 Å². The van der Waals surface area contributed by atoms with Crippen molar-refractivity contribution in [2.24, 2.45) is 16.6 Å². The van der Waals surface area contributed by atoms with Crippen molar-refractivity contribution in [1.82, 2.24) is 25.1 Å². The predicted molar refractivity (Wildman–Crippen MR) is 120 cm³/mol. The van der Waals surface area contributed by atoms with E-state index in [2.05, 4.69) is 30.1 Å². The summed E-state index contributed by atoms with van der Waals surface area (Å²) >= 11 is 0. The molecule has 3 heterocycles. The first kappa shape index (κ1) is 22.8. The number of likely N-dealkylation sites (tertiary alicyclic amines) is 1. The monoisotopic (exact) mass is 430 g/mol. The van der Waals surface area contributed by atoms with Crippen LogP contribution >= 0.6 is 0 Å². The van der Waals surface area contributed by atoms with Crippen LogP contribution in [0.1, 0.15) is 32.6 Å². The fraction of sp³-hybridized carbons (Fsp3) is 0.667. The fourth-order valence-corrected chi connectivity index (χ4v) is 4.16. The predicted octanol–water partition coefficient (Wildman–Crippen LogP) is 0.0682. The number of rotatable bonds is 7. The first-order valence-electron chi connectivity index (χ1n) is 11.2. The summed E-state index contributed by atoms with van der Waals surface area (Å²) in [6, 6.07) is 1.80. The third kappa shape index (κ3) is 6.80. The zero-order valence-electron chi connectivity index (χ0n) is 18.4. The second-order valence-electron chi connectivity index (χ2n) is 8.03. The van der Waals surface area contributed by atoms with Crippen molar-refractivity contribution >= 4 is 23.7 Å². The number of aromatic nitrogens is 2. The molecule has 1 aromatic heterocycles. The Morgan fingerprint density at radius 2 is 1.90 bits per heavy atom. The molecule has 0 aliphatic carbocycles. The van der Waals surface area contributed by atoms with E-state index in [0.29, 0.717) is 38.4 Å². The molecule has 0 radical (unpaired) electrons. The number of nitrogens with two attached hydrogens (primary N) is 1. The van der Waals surface area contributed by atoms with Crippen LogP contribution in [-0.4, -0.2) is 89.9 Å². The van der Waals surface area contributed by atoms with Gasteiger partial charge in [-0.05, 0) is 31.7 Å². The first-order valence-corrected chi connectivity index (χ1v) is 11.2. The van der Waals surface area contributed by atoms with E-state index in [1.165, 1.54) is 0 Å². The number of nitrogens with one attached hydrogen (secondary N) is 1. The summed E-state index contributed by atoms with van der Waals surface area (Å²) in [6.07, 6.45) is 6.29. The molecule has 31 heavy (non-hydrogen) atoms. The zero-order valence-corrected chi connectivity index (χ0v) is 18.4. The van der Waals surface area contributed by atoms with Gasteiger partial charge in [0.15, 0.2) is 5.96 Å². The number of piperazine rings is 1. The van der Waals surface area contributed by atoms with Crippen LogP contribution in [0.5, 0.6) is 0 Å². The van der Waals surface area contributed by atoms with Crippen molar-refractivity contribution in [3.63, 3.8) is 0 Å². The second-order valence-corrected chi connectivity index (χ2v) is 8.03. The summed E-state index contributed by atoms with van der Waals surface area (Å²) in [5.74, 6) is 1.67. The van der Waals surface area contributed by atoms with E-state index in [-0.39, 0.29) is 17.7 Å².